The molecule has 0 aliphatic rings. The van der Waals surface area contributed by atoms with E-state index in [1.54, 1.807) is 0 Å². The number of rotatable bonds is 3. The van der Waals surface area contributed by atoms with Crippen molar-refractivity contribution < 1.29 is 22.8 Å². The second-order valence-electron chi connectivity index (χ2n) is 3.97. The number of hydrogen-bond acceptors (Lipinski definition) is 3. The van der Waals surface area contributed by atoms with Crippen molar-refractivity contribution >= 4 is 17.3 Å². The first-order valence-corrected chi connectivity index (χ1v) is 5.95. The molecule has 0 N–H and O–H groups in total. The molecule has 0 saturated carbocycles. The molecule has 8 heteroatoms. The number of alkyl halides is 3. The maximum Gasteiger partial charge on any atom is 0.416 e. The van der Waals surface area contributed by atoms with Gasteiger partial charge in [0, 0.05) is 6.07 Å². The monoisotopic (exact) mass is 317 g/mol. The van der Waals surface area contributed by atoms with E-state index in [0.717, 1.165) is 12.1 Å². The Hall–Kier alpha value is -2.28. The van der Waals surface area contributed by atoms with Gasteiger partial charge in [0.15, 0.2) is 0 Å². The molecule has 110 valence electrons. The van der Waals surface area contributed by atoms with Crippen molar-refractivity contribution in [2.75, 3.05) is 0 Å². The van der Waals surface area contributed by atoms with Gasteiger partial charge in [-0.25, -0.2) is 0 Å². The van der Waals surface area contributed by atoms with Gasteiger partial charge in [0.05, 0.1) is 15.5 Å². The Morgan fingerprint density at radius 2 is 1.76 bits per heavy atom. The molecule has 0 aliphatic heterocycles. The van der Waals surface area contributed by atoms with E-state index in [-0.39, 0.29) is 22.2 Å². The van der Waals surface area contributed by atoms with Gasteiger partial charge in [-0.05, 0) is 24.3 Å². The van der Waals surface area contributed by atoms with Crippen LogP contribution in [-0.4, -0.2) is 4.92 Å². The third-order valence-corrected chi connectivity index (χ3v) is 2.84. The summed E-state index contributed by atoms with van der Waals surface area (Å²) in [5.41, 5.74) is -1.24. The van der Waals surface area contributed by atoms with Crippen LogP contribution in [0.15, 0.2) is 42.5 Å². The van der Waals surface area contributed by atoms with E-state index in [1.807, 2.05) is 0 Å². The number of nitro benzene ring substituents is 1. The Morgan fingerprint density at radius 3 is 2.33 bits per heavy atom. The average Bonchev–Trinajstić information content (AvgIpc) is 2.40. The van der Waals surface area contributed by atoms with Gasteiger partial charge in [-0.3, -0.25) is 10.1 Å². The van der Waals surface area contributed by atoms with Crippen LogP contribution < -0.4 is 4.74 Å². The number of hydrogen-bond donors (Lipinski definition) is 0. The SMILES string of the molecule is O=[N+]([O-])c1ccccc1Oc1ccc(C(F)(F)F)cc1Cl. The maximum absolute atomic E-state index is 12.5. The largest absolute Gasteiger partial charge is 0.449 e. The first-order valence-electron chi connectivity index (χ1n) is 5.57. The van der Waals surface area contributed by atoms with Crippen LogP contribution >= 0.6 is 11.6 Å². The minimum absolute atomic E-state index is 0.0982. The fourth-order valence-electron chi connectivity index (χ4n) is 1.57. The van der Waals surface area contributed by atoms with E-state index in [1.165, 1.54) is 24.3 Å². The van der Waals surface area contributed by atoms with E-state index in [9.17, 15) is 23.3 Å². The lowest BCUT2D eigenvalue weighted by molar-refractivity contribution is -0.385. The summed E-state index contributed by atoms with van der Waals surface area (Å²) in [6.45, 7) is 0. The Labute approximate surface area is 121 Å². The van der Waals surface area contributed by atoms with Gasteiger partial charge in [0.1, 0.15) is 5.75 Å². The van der Waals surface area contributed by atoms with Crippen LogP contribution in [0.3, 0.4) is 0 Å². The first kappa shape index (κ1) is 15.1. The highest BCUT2D eigenvalue weighted by atomic mass is 35.5. The topological polar surface area (TPSA) is 52.4 Å². The minimum Gasteiger partial charge on any atom is -0.449 e. The number of benzene rings is 2. The van der Waals surface area contributed by atoms with Crippen molar-refractivity contribution in [3.63, 3.8) is 0 Å². The fourth-order valence-corrected chi connectivity index (χ4v) is 1.79. The van der Waals surface area contributed by atoms with E-state index in [0.29, 0.717) is 6.07 Å². The van der Waals surface area contributed by atoms with Crippen LogP contribution in [0.4, 0.5) is 18.9 Å². The number of nitrogens with zero attached hydrogens (tertiary/aromatic N) is 1. The summed E-state index contributed by atoms with van der Waals surface area (Å²) >= 11 is 5.72. The second kappa shape index (κ2) is 5.61. The summed E-state index contributed by atoms with van der Waals surface area (Å²) in [4.78, 5) is 10.2. The standard InChI is InChI=1S/C13H7ClF3NO3/c14-9-7-8(13(15,16)17)5-6-11(9)21-12-4-2-1-3-10(12)18(19)20/h1-7H. The molecule has 0 spiro atoms. The summed E-state index contributed by atoms with van der Waals surface area (Å²) in [5.74, 6) is -0.205. The Balaban J connectivity index is 2.35. The molecule has 0 heterocycles. The smallest absolute Gasteiger partial charge is 0.416 e. The molecule has 0 bridgehead atoms. The highest BCUT2D eigenvalue weighted by Gasteiger charge is 2.31. The quantitative estimate of drug-likeness (QED) is 0.587. The summed E-state index contributed by atoms with van der Waals surface area (Å²) in [6, 6.07) is 7.99. The average molecular weight is 318 g/mol. The van der Waals surface area contributed by atoms with Crippen molar-refractivity contribution in [1.29, 1.82) is 0 Å². The van der Waals surface area contributed by atoms with Gasteiger partial charge in [-0.2, -0.15) is 13.2 Å². The highest BCUT2D eigenvalue weighted by Crippen LogP contribution is 2.38. The zero-order valence-corrected chi connectivity index (χ0v) is 11.0. The lowest BCUT2D eigenvalue weighted by Gasteiger charge is -2.11. The summed E-state index contributed by atoms with van der Waals surface area (Å²) in [6.07, 6.45) is -4.53. The number of ether oxygens (including phenoxy) is 1. The van der Waals surface area contributed by atoms with Crippen LogP contribution in [0, 0.1) is 10.1 Å². The van der Waals surface area contributed by atoms with Gasteiger partial charge in [0.2, 0.25) is 5.75 Å². The molecule has 0 fully saturated rings. The zero-order valence-electron chi connectivity index (χ0n) is 10.2. The molecule has 0 amide bonds. The van der Waals surface area contributed by atoms with E-state index < -0.39 is 16.7 Å². The van der Waals surface area contributed by atoms with Crippen molar-refractivity contribution in [2.45, 2.75) is 6.18 Å². The van der Waals surface area contributed by atoms with Crippen LogP contribution in [0.1, 0.15) is 5.56 Å². The highest BCUT2D eigenvalue weighted by molar-refractivity contribution is 6.32. The Kier molecular flexibility index (Phi) is 4.04. The second-order valence-corrected chi connectivity index (χ2v) is 4.38. The van der Waals surface area contributed by atoms with E-state index in [2.05, 4.69) is 0 Å². The molecule has 2 aromatic carbocycles. The predicted molar refractivity (Wildman–Crippen MR) is 69.6 cm³/mol. The molecule has 0 atom stereocenters. The summed E-state index contributed by atoms with van der Waals surface area (Å²) in [5, 5.41) is 10.5. The van der Waals surface area contributed by atoms with Gasteiger partial charge < -0.3 is 4.74 Å². The van der Waals surface area contributed by atoms with Crippen LogP contribution in [-0.2, 0) is 6.18 Å². The van der Waals surface area contributed by atoms with Crippen molar-refractivity contribution in [1.82, 2.24) is 0 Å². The third-order valence-electron chi connectivity index (χ3n) is 2.54. The van der Waals surface area contributed by atoms with Gasteiger partial charge in [0.25, 0.3) is 0 Å². The molecular formula is C13H7ClF3NO3. The number of halogens is 4. The molecule has 0 aromatic heterocycles. The lowest BCUT2D eigenvalue weighted by atomic mass is 10.2. The molecule has 21 heavy (non-hydrogen) atoms. The minimum atomic E-state index is -4.53. The predicted octanol–water partition coefficient (Wildman–Crippen LogP) is 5.06. The number of para-hydroxylation sites is 2. The Morgan fingerprint density at radius 1 is 1.10 bits per heavy atom. The van der Waals surface area contributed by atoms with Crippen LogP contribution in [0.2, 0.25) is 5.02 Å². The number of nitro groups is 1. The van der Waals surface area contributed by atoms with Crippen molar-refractivity contribution in [3.8, 4) is 11.5 Å². The molecule has 0 saturated heterocycles. The first-order chi connectivity index (χ1) is 9.79. The van der Waals surface area contributed by atoms with Crippen molar-refractivity contribution in [3.05, 3.63) is 63.2 Å². The third kappa shape index (κ3) is 3.43. The fraction of sp³-hybridized carbons (Fsp3) is 0.0769. The molecule has 0 unspecified atom stereocenters. The molecule has 4 nitrogen and oxygen atoms in total. The molecule has 0 aliphatic carbocycles. The van der Waals surface area contributed by atoms with E-state index in [4.69, 9.17) is 16.3 Å². The summed E-state index contributed by atoms with van der Waals surface area (Å²) in [7, 11) is 0. The van der Waals surface area contributed by atoms with Gasteiger partial charge in [-0.15, -0.1) is 0 Å². The maximum atomic E-state index is 12.5. The Bertz CT molecular complexity index is 689. The molecular weight excluding hydrogens is 311 g/mol. The zero-order chi connectivity index (χ0) is 15.6. The summed E-state index contributed by atoms with van der Waals surface area (Å²) < 4.78 is 42.8. The molecule has 0 radical (unpaired) electrons. The van der Waals surface area contributed by atoms with Crippen LogP contribution in [0.25, 0.3) is 0 Å². The van der Waals surface area contributed by atoms with E-state index >= 15 is 0 Å². The van der Waals surface area contributed by atoms with Gasteiger partial charge in [-0.1, -0.05) is 23.7 Å². The van der Waals surface area contributed by atoms with Gasteiger partial charge >= 0.3 is 11.9 Å². The molecule has 2 rings (SSSR count). The molecule has 2 aromatic rings. The lowest BCUT2D eigenvalue weighted by Crippen LogP contribution is -2.04. The van der Waals surface area contributed by atoms with Crippen LogP contribution in [0.5, 0.6) is 11.5 Å². The van der Waals surface area contributed by atoms with Crippen molar-refractivity contribution in [2.24, 2.45) is 0 Å². The normalized spacial score (nSPS) is 11.2.